The molecule has 0 saturated carbocycles. The lowest BCUT2D eigenvalue weighted by Crippen LogP contribution is -2.40. The highest BCUT2D eigenvalue weighted by atomic mass is 16.4. The summed E-state index contributed by atoms with van der Waals surface area (Å²) in [5, 5.41) is 12.3. The van der Waals surface area contributed by atoms with Gasteiger partial charge in [0.2, 0.25) is 5.91 Å². The van der Waals surface area contributed by atoms with Gasteiger partial charge in [-0.2, -0.15) is 0 Å². The zero-order valence-electron chi connectivity index (χ0n) is 19.7. The van der Waals surface area contributed by atoms with Crippen LogP contribution in [0.3, 0.4) is 0 Å². The van der Waals surface area contributed by atoms with E-state index in [1.807, 2.05) is 68.4 Å². The van der Waals surface area contributed by atoms with Gasteiger partial charge < -0.3 is 15.0 Å². The molecule has 178 valence electrons. The van der Waals surface area contributed by atoms with Crippen molar-refractivity contribution in [2.45, 2.75) is 58.0 Å². The number of rotatable bonds is 11. The molecule has 1 aromatic heterocycles. The average molecular weight is 461 g/mol. The van der Waals surface area contributed by atoms with Gasteiger partial charge in [-0.05, 0) is 36.1 Å². The van der Waals surface area contributed by atoms with Crippen LogP contribution in [0.4, 0.5) is 0 Å². The molecule has 0 aliphatic carbocycles. The van der Waals surface area contributed by atoms with Crippen LogP contribution in [-0.4, -0.2) is 21.6 Å². The van der Waals surface area contributed by atoms with E-state index in [1.165, 1.54) is 4.57 Å². The molecule has 1 heterocycles. The number of carbonyl (C=O) groups excluding carboxylic acids is 1. The van der Waals surface area contributed by atoms with Crippen molar-refractivity contribution in [2.24, 2.45) is 0 Å². The van der Waals surface area contributed by atoms with Gasteiger partial charge in [0.05, 0.1) is 12.5 Å². The fraction of sp³-hybridized carbons (Fsp3) is 0.321. The summed E-state index contributed by atoms with van der Waals surface area (Å²) in [6.07, 6.45) is 4.10. The van der Waals surface area contributed by atoms with Crippen molar-refractivity contribution in [2.75, 3.05) is 0 Å². The number of carboxylic acid groups (broad SMARTS) is 1. The molecule has 2 N–H and O–H groups in total. The molecule has 34 heavy (non-hydrogen) atoms. The average Bonchev–Trinajstić information content (AvgIpc) is 2.82. The van der Waals surface area contributed by atoms with Gasteiger partial charge in [-0.1, -0.05) is 80.4 Å². The van der Waals surface area contributed by atoms with E-state index in [0.29, 0.717) is 24.0 Å². The van der Waals surface area contributed by atoms with E-state index in [1.54, 1.807) is 18.3 Å². The molecule has 1 unspecified atom stereocenters. The Kier molecular flexibility index (Phi) is 8.79. The monoisotopic (exact) mass is 460 g/mol. The summed E-state index contributed by atoms with van der Waals surface area (Å²) in [6, 6.07) is 19.3. The molecule has 6 heteroatoms. The number of carbonyl (C=O) groups is 2. The van der Waals surface area contributed by atoms with Gasteiger partial charge in [0.1, 0.15) is 6.04 Å². The highest BCUT2D eigenvalue weighted by molar-refractivity contribution is 5.81. The molecule has 3 rings (SSSR count). The van der Waals surface area contributed by atoms with Crippen molar-refractivity contribution < 1.29 is 14.7 Å². The van der Waals surface area contributed by atoms with Crippen LogP contribution in [0.25, 0.3) is 0 Å². The number of pyridine rings is 1. The smallest absolute Gasteiger partial charge is 0.305 e. The van der Waals surface area contributed by atoms with Crippen molar-refractivity contribution in [1.29, 1.82) is 0 Å². The summed E-state index contributed by atoms with van der Waals surface area (Å²) in [4.78, 5) is 38.4. The van der Waals surface area contributed by atoms with Gasteiger partial charge in [-0.3, -0.25) is 14.4 Å². The van der Waals surface area contributed by atoms with Gasteiger partial charge >= 0.3 is 5.97 Å². The number of amides is 1. The van der Waals surface area contributed by atoms with Crippen molar-refractivity contribution in [3.8, 4) is 0 Å². The SMILES string of the molecule is CCCCC(C(=O)N[C@@H](CC(=O)O)c1ccccc1)n1cc(C)cc(Cc2ccccc2)c1=O. The van der Waals surface area contributed by atoms with Crippen LogP contribution in [0.5, 0.6) is 0 Å². The molecule has 1 amide bonds. The molecular weight excluding hydrogens is 428 g/mol. The number of aromatic nitrogens is 1. The number of carboxylic acids is 1. The van der Waals surface area contributed by atoms with E-state index in [-0.39, 0.29) is 17.9 Å². The summed E-state index contributed by atoms with van der Waals surface area (Å²) >= 11 is 0. The lowest BCUT2D eigenvalue weighted by atomic mass is 10.0. The van der Waals surface area contributed by atoms with E-state index in [0.717, 1.165) is 24.0 Å². The van der Waals surface area contributed by atoms with Crippen molar-refractivity contribution >= 4 is 11.9 Å². The Morgan fingerprint density at radius 2 is 1.68 bits per heavy atom. The molecule has 2 atom stereocenters. The maximum atomic E-state index is 13.5. The largest absolute Gasteiger partial charge is 0.481 e. The number of benzene rings is 2. The number of aliphatic carboxylic acids is 1. The second kappa shape index (κ2) is 12.0. The number of hydrogen-bond donors (Lipinski definition) is 2. The van der Waals surface area contributed by atoms with E-state index in [2.05, 4.69) is 5.32 Å². The fourth-order valence-electron chi connectivity index (χ4n) is 4.17. The molecule has 0 radical (unpaired) electrons. The van der Waals surface area contributed by atoms with Crippen LogP contribution in [0.1, 0.15) is 66.9 Å². The van der Waals surface area contributed by atoms with Gasteiger partial charge in [0.15, 0.2) is 0 Å². The van der Waals surface area contributed by atoms with Crippen molar-refractivity contribution in [3.05, 3.63) is 106 Å². The molecule has 0 spiro atoms. The summed E-state index contributed by atoms with van der Waals surface area (Å²) in [5.74, 6) is -1.35. The second-order valence-electron chi connectivity index (χ2n) is 8.65. The Bertz CT molecular complexity index is 1160. The molecule has 3 aromatic rings. The van der Waals surface area contributed by atoms with Gasteiger partial charge in [-0.15, -0.1) is 0 Å². The van der Waals surface area contributed by atoms with Gasteiger partial charge in [0.25, 0.3) is 5.56 Å². The van der Waals surface area contributed by atoms with Crippen LogP contribution >= 0.6 is 0 Å². The van der Waals surface area contributed by atoms with Gasteiger partial charge in [0, 0.05) is 18.2 Å². The zero-order chi connectivity index (χ0) is 24.5. The van der Waals surface area contributed by atoms with E-state index in [9.17, 15) is 19.5 Å². The number of hydrogen-bond acceptors (Lipinski definition) is 3. The Morgan fingerprint density at radius 3 is 2.29 bits per heavy atom. The van der Waals surface area contributed by atoms with Gasteiger partial charge in [-0.25, -0.2) is 0 Å². The third-order valence-electron chi connectivity index (χ3n) is 5.86. The molecule has 0 aliphatic rings. The predicted octanol–water partition coefficient (Wildman–Crippen LogP) is 4.81. The highest BCUT2D eigenvalue weighted by Crippen LogP contribution is 2.21. The summed E-state index contributed by atoms with van der Waals surface area (Å²) < 4.78 is 1.53. The third-order valence-corrected chi connectivity index (χ3v) is 5.86. The lowest BCUT2D eigenvalue weighted by Gasteiger charge is -2.24. The maximum Gasteiger partial charge on any atom is 0.305 e. The Morgan fingerprint density at radius 1 is 1.03 bits per heavy atom. The summed E-state index contributed by atoms with van der Waals surface area (Å²) in [7, 11) is 0. The second-order valence-corrected chi connectivity index (χ2v) is 8.65. The van der Waals surface area contributed by atoms with Crippen LogP contribution in [-0.2, 0) is 16.0 Å². The molecule has 0 aliphatic heterocycles. The first-order valence-corrected chi connectivity index (χ1v) is 11.7. The van der Waals surface area contributed by atoms with Crippen LogP contribution < -0.4 is 10.9 Å². The molecule has 0 fully saturated rings. The Hall–Kier alpha value is -3.67. The minimum atomic E-state index is -1.00. The Labute approximate surface area is 200 Å². The molecular formula is C28H32N2O4. The fourth-order valence-corrected chi connectivity index (χ4v) is 4.17. The van der Waals surface area contributed by atoms with Crippen LogP contribution in [0.15, 0.2) is 77.7 Å². The molecule has 6 nitrogen and oxygen atoms in total. The first-order valence-electron chi connectivity index (χ1n) is 11.7. The highest BCUT2D eigenvalue weighted by Gasteiger charge is 2.26. The topological polar surface area (TPSA) is 88.4 Å². The third kappa shape index (κ3) is 6.67. The van der Waals surface area contributed by atoms with Crippen molar-refractivity contribution in [3.63, 3.8) is 0 Å². The predicted molar refractivity (Wildman–Crippen MR) is 133 cm³/mol. The number of unbranched alkanes of at least 4 members (excludes halogenated alkanes) is 1. The number of nitrogens with one attached hydrogen (secondary N) is 1. The zero-order valence-corrected chi connectivity index (χ0v) is 19.7. The van der Waals surface area contributed by atoms with Crippen LogP contribution in [0.2, 0.25) is 0 Å². The van der Waals surface area contributed by atoms with E-state index in [4.69, 9.17) is 0 Å². The standard InChI is InChI=1S/C28H32N2O4/c1-3-4-15-25(27(33)29-24(18-26(31)32)22-13-9-6-10-14-22)30-19-20(2)16-23(28(30)34)17-21-11-7-5-8-12-21/h5-14,16,19,24-25H,3-4,15,17-18H2,1-2H3,(H,29,33)(H,31,32)/t24-,25?/m0/s1. The lowest BCUT2D eigenvalue weighted by molar-refractivity contribution is -0.137. The summed E-state index contributed by atoms with van der Waals surface area (Å²) in [5.41, 5.74) is 3.07. The van der Waals surface area contributed by atoms with Crippen molar-refractivity contribution in [1.82, 2.24) is 9.88 Å². The first kappa shape index (κ1) is 25.0. The quantitative estimate of drug-likeness (QED) is 0.430. The minimum absolute atomic E-state index is 0.194. The first-order chi connectivity index (χ1) is 16.4. The molecule has 0 bridgehead atoms. The van der Waals surface area contributed by atoms with Crippen LogP contribution in [0, 0.1) is 6.92 Å². The maximum absolute atomic E-state index is 13.5. The molecule has 0 saturated heterocycles. The number of aryl methyl sites for hydroxylation is 1. The molecule has 2 aromatic carbocycles. The van der Waals surface area contributed by atoms with E-state index < -0.39 is 18.1 Å². The Balaban J connectivity index is 1.95. The normalized spacial score (nSPS) is 12.6. The minimum Gasteiger partial charge on any atom is -0.481 e. The number of nitrogens with zero attached hydrogens (tertiary/aromatic N) is 1. The summed E-state index contributed by atoms with van der Waals surface area (Å²) in [6.45, 7) is 3.95. The van der Waals surface area contributed by atoms with E-state index >= 15 is 0 Å².